The number of carbonyl (C=O) groups excluding carboxylic acids is 1. The molecule has 1 amide bonds. The van der Waals surface area contributed by atoms with Crippen LogP contribution in [0.5, 0.6) is 0 Å². The van der Waals surface area contributed by atoms with Gasteiger partial charge in [0, 0.05) is 35.0 Å². The van der Waals surface area contributed by atoms with Crippen LogP contribution in [0.4, 0.5) is 20.3 Å². The number of likely N-dealkylation sites (N-methyl/N-ethyl adjacent to an activating group) is 1. The Morgan fingerprint density at radius 2 is 1.75 bits per heavy atom. The van der Waals surface area contributed by atoms with Crippen molar-refractivity contribution < 1.29 is 13.6 Å². The molecule has 3 aromatic rings. The number of fused-ring (bicyclic) bond motifs is 3. The average molecular weight is 493 g/mol. The zero-order valence-corrected chi connectivity index (χ0v) is 21.9. The van der Waals surface area contributed by atoms with Gasteiger partial charge in [-0.25, -0.2) is 8.78 Å². The van der Waals surface area contributed by atoms with Crippen LogP contribution in [-0.4, -0.2) is 23.2 Å². The second-order valence-corrected chi connectivity index (χ2v) is 10.9. The van der Waals surface area contributed by atoms with Gasteiger partial charge in [-0.2, -0.15) is 5.10 Å². The van der Waals surface area contributed by atoms with Crippen LogP contribution in [0, 0.1) is 19.8 Å². The predicted octanol–water partition coefficient (Wildman–Crippen LogP) is 6.96. The van der Waals surface area contributed by atoms with E-state index in [2.05, 4.69) is 21.6 Å². The second-order valence-electron chi connectivity index (χ2n) is 10.9. The van der Waals surface area contributed by atoms with Gasteiger partial charge in [-0.15, -0.1) is 5.10 Å². The van der Waals surface area contributed by atoms with E-state index < -0.39 is 17.3 Å². The first-order valence-corrected chi connectivity index (χ1v) is 12.8. The van der Waals surface area contributed by atoms with Crippen LogP contribution < -0.4 is 10.2 Å². The van der Waals surface area contributed by atoms with E-state index in [9.17, 15) is 13.6 Å². The number of hydrogen-bond acceptors (Lipinski definition) is 4. The van der Waals surface area contributed by atoms with Crippen molar-refractivity contribution in [1.82, 2.24) is 10.2 Å². The lowest BCUT2D eigenvalue weighted by Crippen LogP contribution is -2.36. The molecule has 5 nitrogen and oxygen atoms in total. The summed E-state index contributed by atoms with van der Waals surface area (Å²) in [6.07, 6.45) is 3.88. The fraction of sp³-hybridized carbons (Fsp3) is 0.483. The first kappa shape index (κ1) is 24.6. The van der Waals surface area contributed by atoms with Crippen molar-refractivity contribution in [2.45, 2.75) is 77.7 Å². The molecule has 36 heavy (non-hydrogen) atoms. The van der Waals surface area contributed by atoms with Gasteiger partial charge in [-0.05, 0) is 62.4 Å². The summed E-state index contributed by atoms with van der Waals surface area (Å²) in [4.78, 5) is 15.1. The monoisotopic (exact) mass is 492 g/mol. The van der Waals surface area contributed by atoms with Gasteiger partial charge < -0.3 is 10.2 Å². The lowest BCUT2D eigenvalue weighted by atomic mass is 9.79. The Labute approximate surface area is 211 Å². The quantitative estimate of drug-likeness (QED) is 0.418. The van der Waals surface area contributed by atoms with Crippen LogP contribution in [-0.2, 0) is 16.1 Å². The maximum Gasteiger partial charge on any atom is 0.275 e. The van der Waals surface area contributed by atoms with Crippen molar-refractivity contribution in [3.63, 3.8) is 0 Å². The molecule has 2 aromatic carbocycles. The molecule has 1 atom stereocenters. The predicted molar refractivity (Wildman–Crippen MR) is 140 cm³/mol. The van der Waals surface area contributed by atoms with Crippen LogP contribution >= 0.6 is 0 Å². The number of carbonyl (C=O) groups is 1. The van der Waals surface area contributed by atoms with E-state index in [1.165, 1.54) is 19.9 Å². The molecule has 1 aliphatic heterocycles. The number of amides is 1. The minimum Gasteiger partial charge on any atom is -0.362 e. The molecule has 190 valence electrons. The van der Waals surface area contributed by atoms with E-state index in [1.54, 1.807) is 17.9 Å². The summed E-state index contributed by atoms with van der Waals surface area (Å²) in [5, 5.41) is 14.1. The number of hydrogen-bond donors (Lipinski definition) is 1. The molecule has 2 aliphatic rings. The lowest BCUT2D eigenvalue weighted by Gasteiger charge is -2.26. The zero-order valence-electron chi connectivity index (χ0n) is 21.9. The maximum absolute atomic E-state index is 14.9. The van der Waals surface area contributed by atoms with Crippen molar-refractivity contribution in [1.29, 1.82) is 0 Å². The summed E-state index contributed by atoms with van der Waals surface area (Å²) in [6, 6.07) is 8.99. The number of nitrogens with one attached hydrogen (secondary N) is 1. The summed E-state index contributed by atoms with van der Waals surface area (Å²) < 4.78 is 29.8. The zero-order chi connectivity index (χ0) is 26.0. The highest BCUT2D eigenvalue weighted by Gasteiger charge is 2.51. The van der Waals surface area contributed by atoms with Crippen molar-refractivity contribution in [3.05, 3.63) is 58.3 Å². The highest BCUT2D eigenvalue weighted by molar-refractivity contribution is 6.11. The normalized spacial score (nSPS) is 17.9. The number of alkyl halides is 2. The molecular weight excluding hydrogens is 458 g/mol. The number of benzene rings is 2. The molecule has 1 spiro atoms. The Kier molecular flexibility index (Phi) is 5.80. The number of nitrogens with zero attached hydrogens (tertiary/aromatic N) is 3. The van der Waals surface area contributed by atoms with Crippen molar-refractivity contribution in [2.24, 2.45) is 5.92 Å². The van der Waals surface area contributed by atoms with Gasteiger partial charge in [0.1, 0.15) is 0 Å². The molecule has 1 unspecified atom stereocenters. The topological polar surface area (TPSA) is 58.1 Å². The summed E-state index contributed by atoms with van der Waals surface area (Å²) in [5.41, 5.74) is 3.83. The summed E-state index contributed by atoms with van der Waals surface area (Å²) >= 11 is 0. The van der Waals surface area contributed by atoms with Crippen LogP contribution in [0.3, 0.4) is 0 Å². The van der Waals surface area contributed by atoms with Crippen LogP contribution in [0.25, 0.3) is 10.8 Å². The summed E-state index contributed by atoms with van der Waals surface area (Å²) in [7, 11) is 1.85. The third-order valence-corrected chi connectivity index (χ3v) is 8.41. The Hall–Kier alpha value is -3.09. The largest absolute Gasteiger partial charge is 0.362 e. The number of anilines is 2. The Balaban J connectivity index is 1.57. The standard InChI is InChI=1S/C29H34F2N4O/c1-16(2)29(30,31)23-11-9-10-20(17(23)3)18(4)32-26-22-15-25-24(14-21(22)19(5)33-34-26)28(12-7-8-13-28)27(36)35(25)6/h9-11,14-16,18H,7-8,12-13H2,1-6H3,(H,32,34). The fourth-order valence-electron chi connectivity index (χ4n) is 6.17. The van der Waals surface area contributed by atoms with Crippen LogP contribution in [0.1, 0.15) is 80.4 Å². The van der Waals surface area contributed by atoms with Gasteiger partial charge in [0.25, 0.3) is 5.92 Å². The van der Waals surface area contributed by atoms with Gasteiger partial charge in [0.15, 0.2) is 5.82 Å². The third kappa shape index (κ3) is 3.50. The minimum absolute atomic E-state index is 0.0586. The first-order chi connectivity index (χ1) is 17.0. The number of rotatable bonds is 5. The van der Waals surface area contributed by atoms with E-state index in [0.717, 1.165) is 59.0 Å². The molecule has 2 heterocycles. The number of halogens is 2. The van der Waals surface area contributed by atoms with Gasteiger partial charge in [0.2, 0.25) is 5.91 Å². The van der Waals surface area contributed by atoms with E-state index in [-0.39, 0.29) is 17.5 Å². The van der Waals surface area contributed by atoms with E-state index >= 15 is 0 Å². The summed E-state index contributed by atoms with van der Waals surface area (Å²) in [6.45, 7) is 8.71. The Morgan fingerprint density at radius 3 is 2.42 bits per heavy atom. The SMILES string of the molecule is Cc1c(C(C)Nc2nnc(C)c3cc4c(cc23)N(C)C(=O)C42CCCC2)cccc1C(F)(F)C(C)C. The smallest absolute Gasteiger partial charge is 0.275 e. The molecule has 5 rings (SSSR count). The first-order valence-electron chi connectivity index (χ1n) is 12.8. The van der Waals surface area contributed by atoms with Gasteiger partial charge in [0.05, 0.1) is 17.2 Å². The average Bonchev–Trinajstić information content (AvgIpc) is 3.41. The maximum atomic E-state index is 14.9. The highest BCUT2D eigenvalue weighted by atomic mass is 19.3. The van der Waals surface area contributed by atoms with Crippen molar-refractivity contribution >= 4 is 28.2 Å². The molecular formula is C29H34F2N4O. The number of aryl methyl sites for hydroxylation is 1. The van der Waals surface area contributed by atoms with Crippen LogP contribution in [0.15, 0.2) is 30.3 Å². The molecule has 1 fully saturated rings. The molecule has 0 saturated heterocycles. The van der Waals surface area contributed by atoms with Crippen molar-refractivity contribution in [2.75, 3.05) is 17.3 Å². The van der Waals surface area contributed by atoms with Gasteiger partial charge in [-0.1, -0.05) is 44.9 Å². The lowest BCUT2D eigenvalue weighted by molar-refractivity contribution is -0.122. The van der Waals surface area contributed by atoms with Gasteiger partial charge in [-0.3, -0.25) is 4.79 Å². The third-order valence-electron chi connectivity index (χ3n) is 8.41. The van der Waals surface area contributed by atoms with E-state index in [1.807, 2.05) is 33.0 Å². The molecule has 7 heteroatoms. The van der Waals surface area contributed by atoms with Crippen LogP contribution in [0.2, 0.25) is 0 Å². The Bertz CT molecular complexity index is 1360. The van der Waals surface area contributed by atoms with Gasteiger partial charge >= 0.3 is 0 Å². The molecule has 1 saturated carbocycles. The Morgan fingerprint density at radius 1 is 1.06 bits per heavy atom. The minimum atomic E-state index is -2.91. The molecule has 1 aliphatic carbocycles. The molecule has 1 aromatic heterocycles. The van der Waals surface area contributed by atoms with E-state index in [4.69, 9.17) is 0 Å². The fourth-order valence-corrected chi connectivity index (χ4v) is 6.17. The number of aromatic nitrogens is 2. The molecule has 0 radical (unpaired) electrons. The van der Waals surface area contributed by atoms with E-state index in [0.29, 0.717) is 11.4 Å². The molecule has 0 bridgehead atoms. The van der Waals surface area contributed by atoms with Crippen molar-refractivity contribution in [3.8, 4) is 0 Å². The highest BCUT2D eigenvalue weighted by Crippen LogP contribution is 2.52. The second kappa shape index (κ2) is 8.49. The molecule has 1 N–H and O–H groups in total. The summed E-state index contributed by atoms with van der Waals surface area (Å²) in [5.74, 6) is -2.96.